The molecular formula is C5H8AlN3O. The standard InChI is InChI=1S/C5H6N3O.Al.2H/c1-3-7-2-4(8-3)5(6)9;;;/h1H3,(H2,6,9)(H,7,8);;;. The van der Waals surface area contributed by atoms with E-state index >= 15 is 0 Å². The van der Waals surface area contributed by atoms with Gasteiger partial charge in [-0.3, -0.25) is 4.79 Å². The Morgan fingerprint density at radius 1 is 1.80 bits per heavy atom. The number of hydrogen-bond acceptors (Lipinski definition) is 2. The Hall–Kier alpha value is -0.788. The monoisotopic (exact) mass is 153 g/mol. The Balaban J connectivity index is 3.15. The second-order valence-electron chi connectivity index (χ2n) is 2.16. The number of hydrogen-bond donors (Lipinski definition) is 2. The van der Waals surface area contributed by atoms with Crippen molar-refractivity contribution in [3.63, 3.8) is 0 Å². The van der Waals surface area contributed by atoms with Gasteiger partial charge in [-0.15, -0.1) is 0 Å². The predicted molar refractivity (Wildman–Crippen MR) is 40.0 cm³/mol. The maximum Gasteiger partial charge on any atom is 0.290 e. The van der Waals surface area contributed by atoms with Crippen molar-refractivity contribution in [2.45, 2.75) is 6.92 Å². The number of aromatic amines is 1. The number of rotatable bonds is 1. The largest absolute Gasteiger partial charge is 0.364 e. The number of primary amides is 1. The van der Waals surface area contributed by atoms with Gasteiger partial charge in [-0.2, -0.15) is 0 Å². The number of nitrogens with one attached hydrogen (secondary N) is 1. The number of nitrogens with two attached hydrogens (primary N) is 1. The van der Waals surface area contributed by atoms with Crippen molar-refractivity contribution in [3.8, 4) is 0 Å². The summed E-state index contributed by atoms with van der Waals surface area (Å²) in [4.78, 5) is 17.5. The molecule has 0 spiro atoms. The lowest BCUT2D eigenvalue weighted by atomic mass is 10.5. The van der Waals surface area contributed by atoms with Crippen LogP contribution in [-0.4, -0.2) is 32.2 Å². The van der Waals surface area contributed by atoms with Crippen LogP contribution in [0.3, 0.4) is 0 Å². The van der Waals surface area contributed by atoms with E-state index in [-0.39, 0.29) is 0 Å². The van der Waals surface area contributed by atoms with E-state index in [9.17, 15) is 4.79 Å². The van der Waals surface area contributed by atoms with Gasteiger partial charge < -0.3 is 10.7 Å². The first-order chi connectivity index (χ1) is 4.61. The van der Waals surface area contributed by atoms with Crippen LogP contribution < -0.4 is 10.3 Å². The first-order valence-electron chi connectivity index (χ1n) is 2.94. The number of aromatic nitrogens is 2. The van der Waals surface area contributed by atoms with Gasteiger partial charge in [0.05, 0.1) is 0 Å². The molecule has 0 unspecified atom stereocenters. The van der Waals surface area contributed by atoms with Gasteiger partial charge in [-0.05, 0) is 11.5 Å². The van der Waals surface area contributed by atoms with Gasteiger partial charge in [0.2, 0.25) is 0 Å². The summed E-state index contributed by atoms with van der Waals surface area (Å²) in [7, 11) is 0. The van der Waals surface area contributed by atoms with Crippen molar-refractivity contribution < 1.29 is 4.79 Å². The molecule has 3 N–H and O–H groups in total. The van der Waals surface area contributed by atoms with Crippen molar-refractivity contribution in [3.05, 3.63) is 11.5 Å². The molecule has 0 fully saturated rings. The van der Waals surface area contributed by atoms with Crippen LogP contribution in [0.5, 0.6) is 0 Å². The van der Waals surface area contributed by atoms with Gasteiger partial charge in [0.25, 0.3) is 22.2 Å². The predicted octanol–water partition coefficient (Wildman–Crippen LogP) is -1.92. The van der Waals surface area contributed by atoms with Crippen LogP contribution in [0.25, 0.3) is 0 Å². The minimum absolute atomic E-state index is 0.393. The molecule has 0 radical (unpaired) electrons. The van der Waals surface area contributed by atoms with E-state index in [1.54, 1.807) is 6.92 Å². The highest BCUT2D eigenvalue weighted by atomic mass is 27.0. The first kappa shape index (κ1) is 7.32. The van der Waals surface area contributed by atoms with Crippen LogP contribution in [0.1, 0.15) is 16.3 Å². The van der Waals surface area contributed by atoms with Crippen molar-refractivity contribution >= 4 is 26.8 Å². The Morgan fingerprint density at radius 3 is 2.60 bits per heavy atom. The summed E-state index contributed by atoms with van der Waals surface area (Å²) in [6.07, 6.45) is 0. The topological polar surface area (TPSA) is 71.8 Å². The summed E-state index contributed by atoms with van der Waals surface area (Å²) in [5, 5.41) is 0. The highest BCUT2D eigenvalue weighted by molar-refractivity contribution is 6.34. The maximum absolute atomic E-state index is 10.6. The zero-order chi connectivity index (χ0) is 7.72. The molecule has 0 aromatic carbocycles. The van der Waals surface area contributed by atoms with Crippen LogP contribution in [0.4, 0.5) is 0 Å². The molecule has 0 aliphatic heterocycles. The molecule has 52 valence electrons. The highest BCUT2D eigenvalue weighted by Gasteiger charge is 2.07. The van der Waals surface area contributed by atoms with Crippen molar-refractivity contribution in [1.82, 2.24) is 9.97 Å². The van der Waals surface area contributed by atoms with Gasteiger partial charge in [0.15, 0.2) is 0 Å². The molecule has 0 bridgehead atoms. The highest BCUT2D eigenvalue weighted by Crippen LogP contribution is 1.88. The zero-order valence-corrected chi connectivity index (χ0v) is 7.93. The Labute approximate surface area is 66.3 Å². The summed E-state index contributed by atoms with van der Waals surface area (Å²) in [5.41, 5.74) is 5.42. The van der Waals surface area contributed by atoms with E-state index in [0.29, 0.717) is 5.69 Å². The Morgan fingerprint density at radius 2 is 2.40 bits per heavy atom. The Bertz CT molecular complexity index is 268. The molecule has 0 saturated heterocycles. The average Bonchev–Trinajstić information content (AvgIpc) is 2.10. The molecule has 0 saturated carbocycles. The number of carbonyl (C=O) groups is 1. The van der Waals surface area contributed by atoms with Crippen LogP contribution in [0.15, 0.2) is 0 Å². The van der Waals surface area contributed by atoms with Crippen molar-refractivity contribution in [2.75, 3.05) is 0 Å². The van der Waals surface area contributed by atoms with E-state index < -0.39 is 5.91 Å². The van der Waals surface area contributed by atoms with Gasteiger partial charge in [0.1, 0.15) is 11.5 Å². The van der Waals surface area contributed by atoms with E-state index in [1.807, 2.05) is 0 Å². The molecule has 1 aromatic rings. The number of nitrogens with zero attached hydrogens (tertiary/aromatic N) is 1. The fourth-order valence-electron chi connectivity index (χ4n) is 0.850. The molecule has 0 atom stereocenters. The second-order valence-corrected chi connectivity index (χ2v) is 3.16. The van der Waals surface area contributed by atoms with Crippen LogP contribution in [0.2, 0.25) is 0 Å². The van der Waals surface area contributed by atoms with Crippen molar-refractivity contribution in [1.29, 1.82) is 0 Å². The summed E-state index contributed by atoms with van der Waals surface area (Å²) in [6, 6.07) is 0. The first-order valence-corrected chi connectivity index (χ1v) is 3.94. The molecule has 1 heterocycles. The minimum atomic E-state index is -0.450. The summed E-state index contributed by atoms with van der Waals surface area (Å²) in [5.74, 6) is 0.299. The van der Waals surface area contributed by atoms with Crippen molar-refractivity contribution in [2.24, 2.45) is 5.73 Å². The lowest BCUT2D eigenvalue weighted by Gasteiger charge is -1.86. The van der Waals surface area contributed by atoms with Gasteiger partial charge >= 0.3 is 0 Å². The summed E-state index contributed by atoms with van der Waals surface area (Å²) in [6.45, 7) is 1.80. The summed E-state index contributed by atoms with van der Waals surface area (Å²) >= 11 is 0.775. The number of amides is 1. The van der Waals surface area contributed by atoms with E-state index in [1.165, 1.54) is 0 Å². The lowest BCUT2D eigenvalue weighted by molar-refractivity contribution is 0.0997. The molecule has 1 amide bonds. The fourth-order valence-corrected chi connectivity index (χ4v) is 1.57. The molecule has 1 aromatic heterocycles. The van der Waals surface area contributed by atoms with E-state index in [2.05, 4.69) is 9.97 Å². The molecule has 5 heteroatoms. The van der Waals surface area contributed by atoms with Crippen LogP contribution in [0, 0.1) is 6.92 Å². The van der Waals surface area contributed by atoms with E-state index in [0.717, 1.165) is 26.7 Å². The fraction of sp³-hybridized carbons (Fsp3) is 0.200. The van der Waals surface area contributed by atoms with Gasteiger partial charge in [0, 0.05) is 0 Å². The molecule has 0 aliphatic carbocycles. The third-order valence-corrected chi connectivity index (χ3v) is 1.96. The third-order valence-electron chi connectivity index (χ3n) is 1.24. The Kier molecular flexibility index (Phi) is 1.79. The quantitative estimate of drug-likeness (QED) is 0.461. The number of imidazole rings is 1. The average molecular weight is 153 g/mol. The van der Waals surface area contributed by atoms with Crippen LogP contribution >= 0.6 is 0 Å². The normalized spacial score (nSPS) is 9.70. The third kappa shape index (κ3) is 1.20. The number of carbonyl (C=O) groups excluding carboxylic acids is 1. The summed E-state index contributed by atoms with van der Waals surface area (Å²) < 4.78 is 0.866. The minimum Gasteiger partial charge on any atom is -0.364 e. The smallest absolute Gasteiger partial charge is 0.290 e. The van der Waals surface area contributed by atoms with Gasteiger partial charge in [-0.1, -0.05) is 0 Å². The maximum atomic E-state index is 10.6. The number of aryl methyl sites for hydroxylation is 1. The van der Waals surface area contributed by atoms with Gasteiger partial charge in [-0.25, -0.2) is 4.98 Å². The SMILES string of the molecule is Cc1nc(C(N)=O)[c]([AlH2])[nH]1. The molecular weight excluding hydrogens is 145 g/mol. The number of H-pyrrole nitrogens is 1. The lowest BCUT2D eigenvalue weighted by Crippen LogP contribution is -2.21. The van der Waals surface area contributed by atoms with E-state index in [4.69, 9.17) is 5.73 Å². The van der Waals surface area contributed by atoms with Crippen LogP contribution in [-0.2, 0) is 0 Å². The molecule has 4 nitrogen and oxygen atoms in total. The molecule has 0 aliphatic rings. The molecule has 10 heavy (non-hydrogen) atoms. The second kappa shape index (κ2) is 2.45. The molecule has 1 rings (SSSR count). The zero-order valence-electron chi connectivity index (χ0n) is 5.93.